The van der Waals surface area contributed by atoms with Crippen LogP contribution in [-0.4, -0.2) is 30.9 Å². The molecule has 1 aliphatic carbocycles. The Bertz CT molecular complexity index is 533. The number of sulfonamides is 1. The second-order valence-electron chi connectivity index (χ2n) is 5.40. The average molecular weight is 283 g/mol. The number of phenols is 1. The quantitative estimate of drug-likeness (QED) is 0.927. The fourth-order valence-corrected chi connectivity index (χ4v) is 4.13. The standard InChI is InChI=1S/C14H21NO3S/c1-11-7-9-12(10-8-11)15(2)19(17,18)14-6-4-3-5-13(14)16/h3-6,11-12,16H,7-10H2,1-2H3. The Morgan fingerprint density at radius 3 is 2.32 bits per heavy atom. The van der Waals surface area contributed by atoms with Crippen LogP contribution in [0, 0.1) is 5.92 Å². The monoisotopic (exact) mass is 283 g/mol. The molecule has 0 saturated heterocycles. The van der Waals surface area contributed by atoms with Crippen LogP contribution in [0.1, 0.15) is 32.6 Å². The Morgan fingerprint density at radius 2 is 1.74 bits per heavy atom. The zero-order valence-corrected chi connectivity index (χ0v) is 12.2. The van der Waals surface area contributed by atoms with Gasteiger partial charge in [-0.15, -0.1) is 0 Å². The molecule has 0 amide bonds. The molecule has 2 rings (SSSR count). The summed E-state index contributed by atoms with van der Waals surface area (Å²) in [5.74, 6) is 0.496. The summed E-state index contributed by atoms with van der Waals surface area (Å²) >= 11 is 0. The molecule has 0 unspecified atom stereocenters. The average Bonchev–Trinajstić information content (AvgIpc) is 2.39. The topological polar surface area (TPSA) is 57.6 Å². The number of aromatic hydroxyl groups is 1. The van der Waals surface area contributed by atoms with Gasteiger partial charge >= 0.3 is 0 Å². The lowest BCUT2D eigenvalue weighted by molar-refractivity contribution is 0.245. The van der Waals surface area contributed by atoms with Crippen molar-refractivity contribution in [2.24, 2.45) is 5.92 Å². The fourth-order valence-electron chi connectivity index (χ4n) is 2.63. The van der Waals surface area contributed by atoms with Crippen molar-refractivity contribution in [2.75, 3.05) is 7.05 Å². The van der Waals surface area contributed by atoms with E-state index in [-0.39, 0.29) is 16.7 Å². The van der Waals surface area contributed by atoms with E-state index < -0.39 is 10.0 Å². The molecule has 4 nitrogen and oxygen atoms in total. The van der Waals surface area contributed by atoms with Gasteiger partial charge in [-0.05, 0) is 43.7 Å². The Morgan fingerprint density at radius 1 is 1.16 bits per heavy atom. The second-order valence-corrected chi connectivity index (χ2v) is 7.37. The molecule has 1 aromatic rings. The van der Waals surface area contributed by atoms with E-state index in [1.165, 1.54) is 16.4 Å². The summed E-state index contributed by atoms with van der Waals surface area (Å²) < 4.78 is 26.4. The van der Waals surface area contributed by atoms with Crippen molar-refractivity contribution in [3.63, 3.8) is 0 Å². The minimum absolute atomic E-state index is 0.00359. The van der Waals surface area contributed by atoms with Crippen molar-refractivity contribution in [1.29, 1.82) is 0 Å². The minimum atomic E-state index is -3.60. The van der Waals surface area contributed by atoms with Crippen LogP contribution in [0.25, 0.3) is 0 Å². The van der Waals surface area contributed by atoms with E-state index in [1.807, 2.05) is 0 Å². The first kappa shape index (κ1) is 14.3. The predicted molar refractivity (Wildman–Crippen MR) is 74.5 cm³/mol. The number of hydrogen-bond donors (Lipinski definition) is 1. The summed E-state index contributed by atoms with van der Waals surface area (Å²) in [6, 6.07) is 6.15. The van der Waals surface area contributed by atoms with Crippen LogP contribution in [0.3, 0.4) is 0 Å². The van der Waals surface area contributed by atoms with Gasteiger partial charge in [-0.3, -0.25) is 0 Å². The van der Waals surface area contributed by atoms with Gasteiger partial charge in [-0.2, -0.15) is 4.31 Å². The summed E-state index contributed by atoms with van der Waals surface area (Å²) in [6.45, 7) is 2.20. The maximum atomic E-state index is 12.5. The third-order valence-corrected chi connectivity index (χ3v) is 5.98. The highest BCUT2D eigenvalue weighted by molar-refractivity contribution is 7.89. The highest BCUT2D eigenvalue weighted by Gasteiger charge is 2.31. The molecule has 1 aliphatic rings. The molecular formula is C14H21NO3S. The van der Waals surface area contributed by atoms with E-state index in [4.69, 9.17) is 0 Å². The molecule has 1 N–H and O–H groups in total. The number of hydrogen-bond acceptors (Lipinski definition) is 3. The maximum Gasteiger partial charge on any atom is 0.246 e. The smallest absolute Gasteiger partial charge is 0.246 e. The van der Waals surface area contributed by atoms with Crippen LogP contribution in [0.4, 0.5) is 0 Å². The van der Waals surface area contributed by atoms with Gasteiger partial charge in [-0.1, -0.05) is 19.1 Å². The van der Waals surface area contributed by atoms with E-state index in [0.717, 1.165) is 25.7 Å². The number of rotatable bonds is 3. The van der Waals surface area contributed by atoms with Crippen LogP contribution in [-0.2, 0) is 10.0 Å². The number of phenolic OH excluding ortho intramolecular Hbond substituents is 1. The van der Waals surface area contributed by atoms with Crippen LogP contribution in [0.15, 0.2) is 29.2 Å². The maximum absolute atomic E-state index is 12.5. The second kappa shape index (κ2) is 5.51. The Kier molecular flexibility index (Phi) is 4.16. The largest absolute Gasteiger partial charge is 0.507 e. The van der Waals surface area contributed by atoms with Crippen molar-refractivity contribution in [1.82, 2.24) is 4.31 Å². The first-order chi connectivity index (χ1) is 8.93. The van der Waals surface area contributed by atoms with Crippen molar-refractivity contribution in [3.8, 4) is 5.75 Å². The minimum Gasteiger partial charge on any atom is -0.507 e. The summed E-state index contributed by atoms with van der Waals surface area (Å²) in [5, 5.41) is 9.73. The van der Waals surface area contributed by atoms with Gasteiger partial charge in [0.05, 0.1) is 0 Å². The number of nitrogens with zero attached hydrogens (tertiary/aromatic N) is 1. The third kappa shape index (κ3) is 2.92. The Balaban J connectivity index is 2.23. The molecule has 0 atom stereocenters. The molecule has 0 bridgehead atoms. The number of para-hydroxylation sites is 1. The van der Waals surface area contributed by atoms with Crippen LogP contribution < -0.4 is 0 Å². The molecule has 0 radical (unpaired) electrons. The van der Waals surface area contributed by atoms with Gasteiger partial charge in [0, 0.05) is 13.1 Å². The molecule has 0 aromatic heterocycles. The van der Waals surface area contributed by atoms with Crippen molar-refractivity contribution >= 4 is 10.0 Å². The molecule has 19 heavy (non-hydrogen) atoms. The van der Waals surface area contributed by atoms with E-state index in [9.17, 15) is 13.5 Å². The molecular weight excluding hydrogens is 262 g/mol. The molecule has 0 heterocycles. The van der Waals surface area contributed by atoms with E-state index in [1.54, 1.807) is 19.2 Å². The first-order valence-electron chi connectivity index (χ1n) is 6.69. The Hall–Kier alpha value is -1.07. The summed E-state index contributed by atoms with van der Waals surface area (Å²) in [7, 11) is -1.99. The molecule has 1 saturated carbocycles. The summed E-state index contributed by atoms with van der Waals surface area (Å²) in [5.41, 5.74) is 0. The lowest BCUT2D eigenvalue weighted by atomic mass is 9.87. The third-order valence-electron chi connectivity index (χ3n) is 4.02. The van der Waals surface area contributed by atoms with Crippen LogP contribution >= 0.6 is 0 Å². The molecule has 0 aliphatic heterocycles. The van der Waals surface area contributed by atoms with Gasteiger partial charge in [0.1, 0.15) is 10.6 Å². The van der Waals surface area contributed by atoms with E-state index in [2.05, 4.69) is 6.92 Å². The van der Waals surface area contributed by atoms with Gasteiger partial charge in [0.25, 0.3) is 0 Å². The molecule has 5 heteroatoms. The van der Waals surface area contributed by atoms with Crippen LogP contribution in [0.5, 0.6) is 5.75 Å². The SMILES string of the molecule is CC1CCC(N(C)S(=O)(=O)c2ccccc2O)CC1. The number of benzene rings is 1. The zero-order chi connectivity index (χ0) is 14.0. The fraction of sp³-hybridized carbons (Fsp3) is 0.571. The first-order valence-corrected chi connectivity index (χ1v) is 8.13. The molecule has 1 fully saturated rings. The molecule has 0 spiro atoms. The Labute approximate surface area is 115 Å². The highest BCUT2D eigenvalue weighted by atomic mass is 32.2. The van der Waals surface area contributed by atoms with Crippen molar-refractivity contribution in [3.05, 3.63) is 24.3 Å². The summed E-state index contributed by atoms with van der Waals surface area (Å²) in [6.07, 6.45) is 3.91. The normalized spacial score (nSPS) is 24.6. The van der Waals surface area contributed by atoms with Gasteiger partial charge < -0.3 is 5.11 Å². The predicted octanol–water partition coefficient (Wildman–Crippen LogP) is 2.59. The van der Waals surface area contributed by atoms with Gasteiger partial charge in [0.2, 0.25) is 10.0 Å². The molecule has 106 valence electrons. The van der Waals surface area contributed by atoms with Crippen LogP contribution in [0.2, 0.25) is 0 Å². The summed E-state index contributed by atoms with van der Waals surface area (Å²) in [4.78, 5) is -0.00359. The van der Waals surface area contributed by atoms with Crippen molar-refractivity contribution < 1.29 is 13.5 Å². The lowest BCUT2D eigenvalue weighted by Gasteiger charge is -2.32. The van der Waals surface area contributed by atoms with Crippen molar-refractivity contribution in [2.45, 2.75) is 43.5 Å². The zero-order valence-electron chi connectivity index (χ0n) is 11.4. The van der Waals surface area contributed by atoms with Gasteiger partial charge in [-0.25, -0.2) is 8.42 Å². The molecule has 1 aromatic carbocycles. The van der Waals surface area contributed by atoms with E-state index >= 15 is 0 Å². The lowest BCUT2D eigenvalue weighted by Crippen LogP contribution is -2.39. The van der Waals surface area contributed by atoms with Gasteiger partial charge in [0.15, 0.2) is 0 Å². The van der Waals surface area contributed by atoms with E-state index in [0.29, 0.717) is 5.92 Å². The highest BCUT2D eigenvalue weighted by Crippen LogP contribution is 2.31.